The number of piperidine rings is 1. The van der Waals surface area contributed by atoms with E-state index in [1.165, 1.54) is 5.69 Å². The minimum atomic E-state index is -0.372. The van der Waals surface area contributed by atoms with E-state index in [2.05, 4.69) is 24.0 Å². The summed E-state index contributed by atoms with van der Waals surface area (Å²) in [5.41, 5.74) is 2.22. The third kappa shape index (κ3) is 3.74. The summed E-state index contributed by atoms with van der Waals surface area (Å²) in [7, 11) is 0. The van der Waals surface area contributed by atoms with Gasteiger partial charge in [0.15, 0.2) is 0 Å². The van der Waals surface area contributed by atoms with E-state index in [0.29, 0.717) is 6.10 Å². The van der Waals surface area contributed by atoms with Crippen LogP contribution in [0, 0.1) is 0 Å². The van der Waals surface area contributed by atoms with Crippen LogP contribution in [0.1, 0.15) is 51.2 Å². The van der Waals surface area contributed by atoms with Gasteiger partial charge in [-0.15, -0.1) is 0 Å². The number of rotatable bonds is 6. The highest BCUT2D eigenvalue weighted by Crippen LogP contribution is 2.30. The van der Waals surface area contributed by atoms with Crippen molar-refractivity contribution in [1.29, 1.82) is 0 Å². The molecule has 3 nitrogen and oxygen atoms in total. The first-order valence-corrected chi connectivity index (χ1v) is 7.89. The minimum Gasteiger partial charge on any atom is -0.388 e. The fourth-order valence-electron chi connectivity index (χ4n) is 2.85. The highest BCUT2D eigenvalue weighted by Gasteiger charge is 2.23. The molecule has 1 saturated heterocycles. The lowest BCUT2D eigenvalue weighted by molar-refractivity contribution is 0.0439. The zero-order valence-corrected chi connectivity index (χ0v) is 12.7. The molecular weight excluding hydrogens is 250 g/mol. The Balaban J connectivity index is 2.10. The normalized spacial score (nSPS) is 20.9. The summed E-state index contributed by atoms with van der Waals surface area (Å²) < 4.78 is 5.91. The molecule has 1 heterocycles. The van der Waals surface area contributed by atoms with Gasteiger partial charge in [0.05, 0.1) is 12.2 Å². The fraction of sp³-hybridized carbons (Fsp3) is 0.647. The Hall–Kier alpha value is -1.06. The summed E-state index contributed by atoms with van der Waals surface area (Å²) in [4.78, 5) is 2.37. The van der Waals surface area contributed by atoms with E-state index in [1.54, 1.807) is 0 Å². The van der Waals surface area contributed by atoms with Gasteiger partial charge in [-0.3, -0.25) is 0 Å². The molecule has 1 aliphatic rings. The van der Waals surface area contributed by atoms with Crippen LogP contribution in [0.3, 0.4) is 0 Å². The van der Waals surface area contributed by atoms with E-state index in [-0.39, 0.29) is 6.10 Å². The van der Waals surface area contributed by atoms with E-state index in [0.717, 1.165) is 50.9 Å². The van der Waals surface area contributed by atoms with Gasteiger partial charge in [0, 0.05) is 30.9 Å². The lowest BCUT2D eigenvalue weighted by atomic mass is 10.0. The van der Waals surface area contributed by atoms with E-state index in [4.69, 9.17) is 4.74 Å². The van der Waals surface area contributed by atoms with E-state index < -0.39 is 0 Å². The molecule has 0 amide bonds. The smallest absolute Gasteiger partial charge is 0.0807 e. The summed E-state index contributed by atoms with van der Waals surface area (Å²) in [6.45, 7) is 7.00. The monoisotopic (exact) mass is 277 g/mol. The molecule has 2 atom stereocenters. The van der Waals surface area contributed by atoms with Crippen LogP contribution < -0.4 is 4.90 Å². The topological polar surface area (TPSA) is 32.7 Å². The molecule has 0 aromatic heterocycles. The molecule has 0 aliphatic carbocycles. The summed E-state index contributed by atoms with van der Waals surface area (Å²) in [5.74, 6) is 0. The number of ether oxygens (including phenoxy) is 1. The van der Waals surface area contributed by atoms with Crippen LogP contribution in [0.5, 0.6) is 0 Å². The van der Waals surface area contributed by atoms with Gasteiger partial charge >= 0.3 is 0 Å². The summed E-state index contributed by atoms with van der Waals surface area (Å²) >= 11 is 0. The minimum absolute atomic E-state index is 0.329. The van der Waals surface area contributed by atoms with Crippen molar-refractivity contribution in [1.82, 2.24) is 0 Å². The maximum absolute atomic E-state index is 10.2. The number of hydrogen-bond acceptors (Lipinski definition) is 3. The van der Waals surface area contributed by atoms with Crippen molar-refractivity contribution in [2.24, 2.45) is 0 Å². The molecule has 1 aliphatic heterocycles. The molecule has 3 heteroatoms. The van der Waals surface area contributed by atoms with Crippen LogP contribution in [-0.2, 0) is 4.74 Å². The lowest BCUT2D eigenvalue weighted by Gasteiger charge is -2.36. The second kappa shape index (κ2) is 7.65. The van der Waals surface area contributed by atoms with Crippen LogP contribution in [0.25, 0.3) is 0 Å². The van der Waals surface area contributed by atoms with E-state index in [1.807, 2.05) is 19.1 Å². The number of hydrogen-bond donors (Lipinski definition) is 1. The third-order valence-electron chi connectivity index (χ3n) is 3.96. The van der Waals surface area contributed by atoms with Crippen molar-refractivity contribution >= 4 is 5.69 Å². The standard InChI is InChI=1S/C17H27NO2/c1-3-12-20-14-8-7-11-18(13-14)16-10-6-5-9-15(16)17(19)4-2/h5-6,9-10,14,17,19H,3-4,7-8,11-13H2,1-2H3/t14?,17-/m1/s1. The molecule has 0 spiro atoms. The van der Waals surface area contributed by atoms with Crippen LogP contribution in [0.2, 0.25) is 0 Å². The first-order chi connectivity index (χ1) is 9.76. The maximum atomic E-state index is 10.2. The van der Waals surface area contributed by atoms with Crippen molar-refractivity contribution in [2.45, 2.75) is 51.7 Å². The number of aliphatic hydroxyl groups excluding tert-OH is 1. The Kier molecular flexibility index (Phi) is 5.86. The Morgan fingerprint density at radius 1 is 1.35 bits per heavy atom. The van der Waals surface area contributed by atoms with Gasteiger partial charge in [-0.1, -0.05) is 32.0 Å². The zero-order valence-electron chi connectivity index (χ0n) is 12.7. The highest BCUT2D eigenvalue weighted by atomic mass is 16.5. The lowest BCUT2D eigenvalue weighted by Crippen LogP contribution is -2.40. The SMILES string of the molecule is CCCOC1CCCN(c2ccccc2[C@H](O)CC)C1. The number of benzene rings is 1. The van der Waals surface area contributed by atoms with Crippen LogP contribution in [0.4, 0.5) is 5.69 Å². The second-order valence-electron chi connectivity index (χ2n) is 5.56. The van der Waals surface area contributed by atoms with Crippen molar-refractivity contribution in [2.75, 3.05) is 24.6 Å². The largest absolute Gasteiger partial charge is 0.388 e. The second-order valence-corrected chi connectivity index (χ2v) is 5.56. The van der Waals surface area contributed by atoms with Crippen molar-refractivity contribution in [3.05, 3.63) is 29.8 Å². The summed E-state index contributed by atoms with van der Waals surface area (Å²) in [6, 6.07) is 8.22. The molecule has 1 unspecified atom stereocenters. The molecule has 0 bridgehead atoms. The zero-order chi connectivity index (χ0) is 14.4. The van der Waals surface area contributed by atoms with Crippen LogP contribution >= 0.6 is 0 Å². The Morgan fingerprint density at radius 2 is 2.15 bits per heavy atom. The predicted octanol–water partition coefficient (Wildman–Crippen LogP) is 3.53. The van der Waals surface area contributed by atoms with E-state index in [9.17, 15) is 5.11 Å². The quantitative estimate of drug-likeness (QED) is 0.863. The number of aliphatic hydroxyl groups is 1. The predicted molar refractivity (Wildman–Crippen MR) is 83.2 cm³/mol. The molecule has 112 valence electrons. The molecule has 20 heavy (non-hydrogen) atoms. The van der Waals surface area contributed by atoms with Crippen molar-refractivity contribution in [3.63, 3.8) is 0 Å². The summed E-state index contributed by atoms with van der Waals surface area (Å²) in [5, 5.41) is 10.2. The molecule has 1 aromatic rings. The Morgan fingerprint density at radius 3 is 2.90 bits per heavy atom. The number of anilines is 1. The average Bonchev–Trinajstić information content (AvgIpc) is 2.52. The number of para-hydroxylation sites is 1. The fourth-order valence-corrected chi connectivity index (χ4v) is 2.85. The molecule has 1 fully saturated rings. The molecule has 1 N–H and O–H groups in total. The average molecular weight is 277 g/mol. The first kappa shape index (κ1) is 15.3. The van der Waals surface area contributed by atoms with Crippen molar-refractivity contribution < 1.29 is 9.84 Å². The van der Waals surface area contributed by atoms with Crippen molar-refractivity contribution in [3.8, 4) is 0 Å². The maximum Gasteiger partial charge on any atom is 0.0807 e. The van der Waals surface area contributed by atoms with Gasteiger partial charge < -0.3 is 14.7 Å². The van der Waals surface area contributed by atoms with Gasteiger partial charge in [-0.25, -0.2) is 0 Å². The van der Waals surface area contributed by atoms with Crippen LogP contribution in [0.15, 0.2) is 24.3 Å². The van der Waals surface area contributed by atoms with Gasteiger partial charge in [-0.05, 0) is 31.7 Å². The Bertz CT molecular complexity index is 408. The molecular formula is C17H27NO2. The number of nitrogens with zero attached hydrogens (tertiary/aromatic N) is 1. The van der Waals surface area contributed by atoms with Crippen LogP contribution in [-0.4, -0.2) is 30.9 Å². The van der Waals surface area contributed by atoms with Gasteiger partial charge in [0.2, 0.25) is 0 Å². The molecule has 1 aromatic carbocycles. The van der Waals surface area contributed by atoms with Gasteiger partial charge in [0.1, 0.15) is 0 Å². The third-order valence-corrected chi connectivity index (χ3v) is 3.96. The van der Waals surface area contributed by atoms with E-state index >= 15 is 0 Å². The molecule has 2 rings (SSSR count). The Labute approximate surface area is 122 Å². The van der Waals surface area contributed by atoms with Gasteiger partial charge in [-0.2, -0.15) is 0 Å². The summed E-state index contributed by atoms with van der Waals surface area (Å²) in [6.07, 6.45) is 4.08. The van der Waals surface area contributed by atoms with Gasteiger partial charge in [0.25, 0.3) is 0 Å². The highest BCUT2D eigenvalue weighted by molar-refractivity contribution is 5.55. The molecule has 0 radical (unpaired) electrons. The molecule has 0 saturated carbocycles. The first-order valence-electron chi connectivity index (χ1n) is 7.89.